The summed E-state index contributed by atoms with van der Waals surface area (Å²) in [4.78, 5) is 12.7. The SMILES string of the molecule is C[C@]12CC[C@@H]3c4ccc(OC(=O)c5ccccc5)cc4CC[C@H]3[C@@H]1CC(Br)C21OCCO1. The van der Waals surface area contributed by atoms with E-state index in [-0.39, 0.29) is 16.2 Å². The Kier molecular flexibility index (Phi) is 5.01. The summed E-state index contributed by atoms with van der Waals surface area (Å²) in [5.41, 5.74) is 3.42. The van der Waals surface area contributed by atoms with Crippen molar-refractivity contribution in [2.75, 3.05) is 13.2 Å². The van der Waals surface area contributed by atoms with Crippen molar-refractivity contribution in [2.45, 2.75) is 55.6 Å². The van der Waals surface area contributed by atoms with Gasteiger partial charge in [-0.15, -0.1) is 0 Å². The van der Waals surface area contributed by atoms with E-state index in [0.29, 0.717) is 42.3 Å². The van der Waals surface area contributed by atoms with Gasteiger partial charge in [-0.05, 0) is 85.3 Å². The minimum atomic E-state index is -0.460. The van der Waals surface area contributed by atoms with Crippen molar-refractivity contribution in [2.24, 2.45) is 17.3 Å². The molecule has 3 aliphatic carbocycles. The van der Waals surface area contributed by atoms with Crippen molar-refractivity contribution in [3.8, 4) is 5.75 Å². The van der Waals surface area contributed by atoms with Gasteiger partial charge in [0.05, 0.1) is 23.6 Å². The van der Waals surface area contributed by atoms with E-state index in [2.05, 4.69) is 35.0 Å². The van der Waals surface area contributed by atoms with Gasteiger partial charge in [0.25, 0.3) is 0 Å². The number of benzene rings is 2. The lowest BCUT2D eigenvalue weighted by molar-refractivity contribution is -0.233. The van der Waals surface area contributed by atoms with Crippen LogP contribution in [0.3, 0.4) is 0 Å². The molecule has 0 aromatic heterocycles. The smallest absolute Gasteiger partial charge is 0.343 e. The second-order valence-corrected chi connectivity index (χ2v) is 11.2. The first-order valence-corrected chi connectivity index (χ1v) is 12.8. The molecule has 0 bridgehead atoms. The van der Waals surface area contributed by atoms with Crippen LogP contribution in [-0.2, 0) is 15.9 Å². The van der Waals surface area contributed by atoms with E-state index >= 15 is 0 Å². The number of carbonyl (C=O) groups is 1. The molecule has 1 unspecified atom stereocenters. The molecule has 0 amide bonds. The standard InChI is InChI=1S/C27H29BrO4/c1-26-12-11-21-20-10-8-19(32-25(29)17-5-3-2-4-6-17)15-18(20)7-9-22(21)23(26)16-24(28)27(26)30-13-14-31-27/h2-6,8,10,15,21-24H,7,9,11-14,16H2,1H3/t21-,22-,23+,24?,26+/m1/s1. The normalized spacial score (nSPS) is 34.6. The summed E-state index contributed by atoms with van der Waals surface area (Å²) in [6.07, 6.45) is 5.58. The van der Waals surface area contributed by atoms with Crippen LogP contribution in [0, 0.1) is 17.3 Å². The van der Waals surface area contributed by atoms with Gasteiger partial charge in [-0.3, -0.25) is 0 Å². The molecule has 2 saturated carbocycles. The molecule has 0 N–H and O–H groups in total. The van der Waals surface area contributed by atoms with Gasteiger partial charge in [0.2, 0.25) is 0 Å². The van der Waals surface area contributed by atoms with Crippen LogP contribution in [0.15, 0.2) is 48.5 Å². The predicted molar refractivity (Wildman–Crippen MR) is 125 cm³/mol. The molecule has 3 fully saturated rings. The number of alkyl halides is 1. The second kappa shape index (κ2) is 7.68. The third kappa shape index (κ3) is 2.97. The highest BCUT2D eigenvalue weighted by Gasteiger charge is 2.68. The van der Waals surface area contributed by atoms with E-state index in [1.807, 2.05) is 24.3 Å². The zero-order chi connectivity index (χ0) is 21.9. The first-order chi connectivity index (χ1) is 15.5. The van der Waals surface area contributed by atoms with Crippen LogP contribution in [0.25, 0.3) is 0 Å². The van der Waals surface area contributed by atoms with Gasteiger partial charge in [0, 0.05) is 5.41 Å². The monoisotopic (exact) mass is 496 g/mol. The zero-order valence-electron chi connectivity index (χ0n) is 18.4. The first kappa shape index (κ1) is 20.9. The molecule has 5 heteroatoms. The predicted octanol–water partition coefficient (Wildman–Crippen LogP) is 5.88. The number of rotatable bonds is 2. The number of esters is 1. The molecule has 1 saturated heterocycles. The number of ether oxygens (including phenoxy) is 3. The molecule has 168 valence electrons. The molecule has 0 radical (unpaired) electrons. The van der Waals surface area contributed by atoms with E-state index in [9.17, 15) is 4.79 Å². The van der Waals surface area contributed by atoms with E-state index in [0.717, 1.165) is 25.7 Å². The number of hydrogen-bond donors (Lipinski definition) is 0. The van der Waals surface area contributed by atoms with Crippen LogP contribution < -0.4 is 4.74 Å². The van der Waals surface area contributed by atoms with E-state index in [1.165, 1.54) is 17.5 Å². The lowest BCUT2D eigenvalue weighted by Crippen LogP contribution is -2.53. The van der Waals surface area contributed by atoms with Gasteiger partial charge < -0.3 is 14.2 Å². The van der Waals surface area contributed by atoms with Crippen LogP contribution >= 0.6 is 15.9 Å². The van der Waals surface area contributed by atoms with Crippen molar-refractivity contribution in [1.82, 2.24) is 0 Å². The molecular formula is C27H29BrO4. The summed E-state index contributed by atoms with van der Waals surface area (Å²) in [5.74, 6) is 1.68. The molecule has 5 atom stereocenters. The fourth-order valence-corrected chi connectivity index (χ4v) is 8.41. The Hall–Kier alpha value is -1.69. The van der Waals surface area contributed by atoms with Crippen molar-refractivity contribution in [3.63, 3.8) is 0 Å². The largest absolute Gasteiger partial charge is 0.423 e. The number of halogens is 1. The summed E-state index contributed by atoms with van der Waals surface area (Å²) < 4.78 is 18.3. The van der Waals surface area contributed by atoms with E-state index in [1.54, 1.807) is 12.1 Å². The third-order valence-corrected chi connectivity index (χ3v) is 9.67. The first-order valence-electron chi connectivity index (χ1n) is 11.8. The minimum Gasteiger partial charge on any atom is -0.423 e. The van der Waals surface area contributed by atoms with Crippen molar-refractivity contribution in [1.29, 1.82) is 0 Å². The molecule has 6 rings (SSSR count). The van der Waals surface area contributed by atoms with Gasteiger partial charge in [0.1, 0.15) is 5.75 Å². The van der Waals surface area contributed by atoms with Crippen LogP contribution in [0.1, 0.15) is 60.0 Å². The average molecular weight is 497 g/mol. The molecule has 2 aromatic rings. The Morgan fingerprint density at radius 2 is 1.88 bits per heavy atom. The molecule has 32 heavy (non-hydrogen) atoms. The van der Waals surface area contributed by atoms with Gasteiger partial charge in [-0.25, -0.2) is 4.79 Å². The highest BCUT2D eigenvalue weighted by atomic mass is 79.9. The fourth-order valence-electron chi connectivity index (χ4n) is 7.22. The Morgan fingerprint density at radius 3 is 2.66 bits per heavy atom. The van der Waals surface area contributed by atoms with Gasteiger partial charge in [-0.1, -0.05) is 47.1 Å². The molecule has 4 aliphatic rings. The Bertz CT molecular complexity index is 1030. The topological polar surface area (TPSA) is 44.8 Å². The van der Waals surface area contributed by atoms with Crippen molar-refractivity contribution in [3.05, 3.63) is 65.2 Å². The Balaban J connectivity index is 1.25. The van der Waals surface area contributed by atoms with E-state index < -0.39 is 5.79 Å². The summed E-state index contributed by atoms with van der Waals surface area (Å²) in [6.45, 7) is 3.81. The maximum Gasteiger partial charge on any atom is 0.343 e. The van der Waals surface area contributed by atoms with Crippen molar-refractivity contribution < 1.29 is 19.0 Å². The number of fused-ring (bicyclic) bond motifs is 6. The zero-order valence-corrected chi connectivity index (χ0v) is 20.0. The maximum absolute atomic E-state index is 12.5. The van der Waals surface area contributed by atoms with Gasteiger partial charge in [-0.2, -0.15) is 0 Å². The van der Waals surface area contributed by atoms with Crippen LogP contribution in [0.5, 0.6) is 5.75 Å². The van der Waals surface area contributed by atoms with Crippen molar-refractivity contribution >= 4 is 21.9 Å². The molecule has 1 heterocycles. The molecule has 2 aromatic carbocycles. The average Bonchev–Trinajstić information content (AvgIpc) is 3.40. The summed E-state index contributed by atoms with van der Waals surface area (Å²) in [6, 6.07) is 15.5. The summed E-state index contributed by atoms with van der Waals surface area (Å²) >= 11 is 3.95. The maximum atomic E-state index is 12.5. The van der Waals surface area contributed by atoms with Crippen LogP contribution in [-0.4, -0.2) is 29.8 Å². The molecule has 4 nitrogen and oxygen atoms in total. The highest BCUT2D eigenvalue weighted by Crippen LogP contribution is 2.67. The van der Waals surface area contributed by atoms with Gasteiger partial charge >= 0.3 is 5.97 Å². The highest BCUT2D eigenvalue weighted by molar-refractivity contribution is 9.09. The second-order valence-electron chi connectivity index (χ2n) is 10.1. The minimum absolute atomic E-state index is 0.0570. The lowest BCUT2D eigenvalue weighted by atomic mass is 9.55. The van der Waals surface area contributed by atoms with E-state index in [4.69, 9.17) is 14.2 Å². The fraction of sp³-hybridized carbons (Fsp3) is 0.519. The quantitative estimate of drug-likeness (QED) is 0.296. The Morgan fingerprint density at radius 1 is 1.09 bits per heavy atom. The van der Waals surface area contributed by atoms with Crippen LogP contribution in [0.4, 0.5) is 0 Å². The molecule has 1 aliphatic heterocycles. The number of aryl methyl sites for hydroxylation is 1. The Labute approximate surface area is 197 Å². The van der Waals surface area contributed by atoms with Gasteiger partial charge in [0.15, 0.2) is 5.79 Å². The summed E-state index contributed by atoms with van der Waals surface area (Å²) in [5, 5.41) is 0. The third-order valence-electron chi connectivity index (χ3n) is 8.69. The lowest BCUT2D eigenvalue weighted by Gasteiger charge is -2.52. The number of carbonyl (C=O) groups excluding carboxylic acids is 1. The van der Waals surface area contributed by atoms with Crippen LogP contribution in [0.2, 0.25) is 0 Å². The molecular weight excluding hydrogens is 468 g/mol. The number of hydrogen-bond acceptors (Lipinski definition) is 4. The summed E-state index contributed by atoms with van der Waals surface area (Å²) in [7, 11) is 0. The molecule has 1 spiro atoms.